The molecule has 0 spiro atoms. The van der Waals surface area contributed by atoms with Gasteiger partial charge in [0, 0.05) is 11.9 Å². The van der Waals surface area contributed by atoms with Gasteiger partial charge in [0.1, 0.15) is 0 Å². The van der Waals surface area contributed by atoms with Crippen LogP contribution in [0.5, 0.6) is 0 Å². The van der Waals surface area contributed by atoms with Crippen molar-refractivity contribution >= 4 is 45.7 Å². The van der Waals surface area contributed by atoms with Crippen molar-refractivity contribution in [2.45, 2.75) is 13.3 Å². The highest BCUT2D eigenvalue weighted by Crippen LogP contribution is 2.18. The molecule has 17 heavy (non-hydrogen) atoms. The molecule has 0 aliphatic rings. The maximum atomic E-state index is 12.1. The van der Waals surface area contributed by atoms with Crippen LogP contribution in [0.25, 0.3) is 0 Å². The van der Waals surface area contributed by atoms with Gasteiger partial charge in [-0.3, -0.25) is 4.79 Å². The number of hydrogen-bond donors (Lipinski definition) is 2. The van der Waals surface area contributed by atoms with Crippen molar-refractivity contribution in [3.05, 3.63) is 19.9 Å². The number of nitrogens with two attached hydrogens (primary N) is 1. The highest BCUT2D eigenvalue weighted by Gasteiger charge is 2.17. The summed E-state index contributed by atoms with van der Waals surface area (Å²) in [5.74, 6) is -0.0469. The molecule has 0 bridgehead atoms. The van der Waals surface area contributed by atoms with Gasteiger partial charge in [0.15, 0.2) is 5.84 Å². The number of amides is 1. The Hall–Kier alpha value is -0.830. The summed E-state index contributed by atoms with van der Waals surface area (Å²) in [5, 5.41) is 13.2. The van der Waals surface area contributed by atoms with Gasteiger partial charge in [0.2, 0.25) is 0 Å². The normalized spacial score (nSPS) is 11.5. The standard InChI is InChI=1S/C10H14IN3O2S/c1-2-3-14(5-9(12)13-16)10(15)7-4-8(11)17-6-7/h4,6,16H,2-3,5H2,1H3,(H2,12,13). The molecule has 0 atom stereocenters. The lowest BCUT2D eigenvalue weighted by atomic mass is 10.2. The molecule has 0 aliphatic heterocycles. The predicted molar refractivity (Wildman–Crippen MR) is 76.6 cm³/mol. The van der Waals surface area contributed by atoms with Gasteiger partial charge in [-0.25, -0.2) is 0 Å². The fraction of sp³-hybridized carbons (Fsp3) is 0.400. The number of amidine groups is 1. The molecule has 0 saturated heterocycles. The third-order valence-corrected chi connectivity index (χ3v) is 3.87. The lowest BCUT2D eigenvalue weighted by Crippen LogP contribution is -2.38. The van der Waals surface area contributed by atoms with Crippen molar-refractivity contribution in [2.75, 3.05) is 13.1 Å². The summed E-state index contributed by atoms with van der Waals surface area (Å²) in [7, 11) is 0. The molecule has 1 rings (SSSR count). The van der Waals surface area contributed by atoms with E-state index in [1.165, 1.54) is 11.3 Å². The van der Waals surface area contributed by atoms with E-state index in [-0.39, 0.29) is 18.3 Å². The number of rotatable bonds is 5. The van der Waals surface area contributed by atoms with Crippen LogP contribution in [0, 0.1) is 2.88 Å². The van der Waals surface area contributed by atoms with Crippen LogP contribution in [-0.2, 0) is 0 Å². The van der Waals surface area contributed by atoms with Crippen molar-refractivity contribution in [1.82, 2.24) is 4.90 Å². The summed E-state index contributed by atoms with van der Waals surface area (Å²) in [6, 6.07) is 1.84. The Balaban J connectivity index is 2.80. The highest BCUT2D eigenvalue weighted by atomic mass is 127. The first kappa shape index (κ1) is 14.2. The van der Waals surface area contributed by atoms with E-state index in [0.29, 0.717) is 12.1 Å². The van der Waals surface area contributed by atoms with Crippen molar-refractivity contribution < 1.29 is 10.0 Å². The van der Waals surface area contributed by atoms with Crippen molar-refractivity contribution in [2.24, 2.45) is 10.9 Å². The van der Waals surface area contributed by atoms with E-state index < -0.39 is 0 Å². The summed E-state index contributed by atoms with van der Waals surface area (Å²) in [4.78, 5) is 13.7. The first-order valence-corrected chi connectivity index (χ1v) is 7.04. The molecule has 1 amide bonds. The van der Waals surface area contributed by atoms with E-state index in [1.807, 2.05) is 18.4 Å². The zero-order valence-electron chi connectivity index (χ0n) is 9.39. The summed E-state index contributed by atoms with van der Waals surface area (Å²) < 4.78 is 1.06. The van der Waals surface area contributed by atoms with Gasteiger partial charge in [-0.05, 0) is 35.1 Å². The van der Waals surface area contributed by atoms with Crippen LogP contribution in [0.3, 0.4) is 0 Å². The molecule has 0 saturated carbocycles. The quantitative estimate of drug-likeness (QED) is 0.275. The summed E-state index contributed by atoms with van der Waals surface area (Å²) in [6.45, 7) is 2.71. The average molecular weight is 367 g/mol. The van der Waals surface area contributed by atoms with E-state index in [0.717, 1.165) is 9.30 Å². The molecule has 1 heterocycles. The van der Waals surface area contributed by atoms with Crippen molar-refractivity contribution in [1.29, 1.82) is 0 Å². The molecule has 1 aromatic heterocycles. The zero-order valence-corrected chi connectivity index (χ0v) is 12.4. The summed E-state index contributed by atoms with van der Waals surface area (Å²) >= 11 is 3.69. The molecule has 7 heteroatoms. The van der Waals surface area contributed by atoms with Crippen LogP contribution in [-0.4, -0.2) is 34.9 Å². The smallest absolute Gasteiger partial charge is 0.255 e. The van der Waals surface area contributed by atoms with Gasteiger partial charge in [-0.15, -0.1) is 11.3 Å². The lowest BCUT2D eigenvalue weighted by molar-refractivity contribution is 0.0778. The molecule has 94 valence electrons. The topological polar surface area (TPSA) is 78.9 Å². The number of hydrogen-bond acceptors (Lipinski definition) is 4. The van der Waals surface area contributed by atoms with Gasteiger partial charge in [0.05, 0.1) is 15.0 Å². The van der Waals surface area contributed by atoms with Crippen LogP contribution in [0.15, 0.2) is 16.6 Å². The number of nitrogens with zero attached hydrogens (tertiary/aromatic N) is 2. The number of carbonyl (C=O) groups is 1. The average Bonchev–Trinajstić information content (AvgIpc) is 2.74. The van der Waals surface area contributed by atoms with Crippen LogP contribution in [0.1, 0.15) is 23.7 Å². The minimum absolute atomic E-state index is 0.0386. The van der Waals surface area contributed by atoms with Crippen LogP contribution < -0.4 is 5.73 Å². The maximum Gasteiger partial charge on any atom is 0.255 e. The minimum Gasteiger partial charge on any atom is -0.409 e. The van der Waals surface area contributed by atoms with Crippen LogP contribution >= 0.6 is 33.9 Å². The molecule has 5 nitrogen and oxygen atoms in total. The Morgan fingerprint density at radius 3 is 2.88 bits per heavy atom. The second kappa shape index (κ2) is 6.80. The molecular weight excluding hydrogens is 353 g/mol. The molecular formula is C10H14IN3O2S. The van der Waals surface area contributed by atoms with Crippen LogP contribution in [0.4, 0.5) is 0 Å². The molecule has 0 aromatic carbocycles. The monoisotopic (exact) mass is 367 g/mol. The van der Waals surface area contributed by atoms with Gasteiger partial charge >= 0.3 is 0 Å². The minimum atomic E-state index is -0.0855. The number of halogens is 1. The highest BCUT2D eigenvalue weighted by molar-refractivity contribution is 14.1. The molecule has 0 aliphatic carbocycles. The summed E-state index contributed by atoms with van der Waals surface area (Å²) in [6.07, 6.45) is 0.825. The van der Waals surface area contributed by atoms with Gasteiger partial charge < -0.3 is 15.8 Å². The van der Waals surface area contributed by atoms with E-state index in [4.69, 9.17) is 10.9 Å². The Bertz CT molecular complexity index is 419. The number of carbonyl (C=O) groups excluding carboxylic acids is 1. The van der Waals surface area contributed by atoms with E-state index in [1.54, 1.807) is 4.90 Å². The molecule has 3 N–H and O–H groups in total. The molecule has 0 radical (unpaired) electrons. The number of thiophene rings is 1. The van der Waals surface area contributed by atoms with E-state index in [2.05, 4.69) is 27.7 Å². The van der Waals surface area contributed by atoms with Gasteiger partial charge in [-0.2, -0.15) is 0 Å². The first-order valence-electron chi connectivity index (χ1n) is 5.08. The largest absolute Gasteiger partial charge is 0.409 e. The Labute approximate surface area is 117 Å². The molecule has 0 unspecified atom stereocenters. The Morgan fingerprint density at radius 1 is 1.71 bits per heavy atom. The fourth-order valence-corrected chi connectivity index (χ4v) is 2.67. The van der Waals surface area contributed by atoms with E-state index in [9.17, 15) is 4.79 Å². The molecule has 1 aromatic rings. The second-order valence-corrected chi connectivity index (χ2v) is 6.26. The van der Waals surface area contributed by atoms with Crippen molar-refractivity contribution in [3.63, 3.8) is 0 Å². The zero-order chi connectivity index (χ0) is 12.8. The third-order valence-electron chi connectivity index (χ3n) is 2.08. The van der Waals surface area contributed by atoms with Gasteiger partial charge in [-0.1, -0.05) is 12.1 Å². The third kappa shape index (κ3) is 4.15. The maximum absolute atomic E-state index is 12.1. The summed E-state index contributed by atoms with van der Waals surface area (Å²) in [5.41, 5.74) is 6.08. The predicted octanol–water partition coefficient (Wildman–Crippen LogP) is 1.95. The van der Waals surface area contributed by atoms with Crippen LogP contribution in [0.2, 0.25) is 0 Å². The SMILES string of the molecule is CCCN(CC(N)=NO)C(=O)c1csc(I)c1. The van der Waals surface area contributed by atoms with E-state index >= 15 is 0 Å². The molecule has 0 fully saturated rings. The Kier molecular flexibility index (Phi) is 5.69. The number of oxime groups is 1. The Morgan fingerprint density at radius 2 is 2.41 bits per heavy atom. The van der Waals surface area contributed by atoms with Crippen molar-refractivity contribution in [3.8, 4) is 0 Å². The fourth-order valence-electron chi connectivity index (χ4n) is 1.35. The first-order chi connectivity index (χ1) is 8.08. The lowest BCUT2D eigenvalue weighted by Gasteiger charge is -2.20. The second-order valence-electron chi connectivity index (χ2n) is 3.46. The van der Waals surface area contributed by atoms with Gasteiger partial charge in [0.25, 0.3) is 5.91 Å².